The van der Waals surface area contributed by atoms with Gasteiger partial charge in [-0.05, 0) is 49.0 Å². The van der Waals surface area contributed by atoms with Crippen LogP contribution in [0.3, 0.4) is 0 Å². The number of methoxy groups -OCH3 is 1. The van der Waals surface area contributed by atoms with E-state index >= 15 is 0 Å². The van der Waals surface area contributed by atoms with Gasteiger partial charge in [0, 0.05) is 5.69 Å². The molecule has 0 fully saturated rings. The summed E-state index contributed by atoms with van der Waals surface area (Å²) in [6.07, 6.45) is 0. The van der Waals surface area contributed by atoms with Crippen LogP contribution >= 0.6 is 12.2 Å². The number of carbonyl (C=O) groups excluding carboxylic acids is 1. The Morgan fingerprint density at radius 2 is 1.82 bits per heavy atom. The highest BCUT2D eigenvalue weighted by molar-refractivity contribution is 7.80. The minimum Gasteiger partial charge on any atom is -0.465 e. The summed E-state index contributed by atoms with van der Waals surface area (Å²) in [5.74, 6) is -0.831. The maximum atomic E-state index is 13.6. The highest BCUT2D eigenvalue weighted by Crippen LogP contribution is 2.19. The number of nitrogens with one attached hydrogen (secondary N) is 2. The molecule has 2 aromatic rings. The lowest BCUT2D eigenvalue weighted by atomic mass is 10.1. The predicted octanol–water partition coefficient (Wildman–Crippen LogP) is 3.73. The summed E-state index contributed by atoms with van der Waals surface area (Å²) in [5, 5.41) is 5.96. The van der Waals surface area contributed by atoms with Gasteiger partial charge in [0.05, 0.1) is 18.4 Å². The fraction of sp³-hybridized carbons (Fsp3) is 0.125. The van der Waals surface area contributed by atoms with Crippen LogP contribution < -0.4 is 10.6 Å². The van der Waals surface area contributed by atoms with Crippen LogP contribution in [0, 0.1) is 12.7 Å². The van der Waals surface area contributed by atoms with E-state index in [0.29, 0.717) is 11.3 Å². The van der Waals surface area contributed by atoms with Crippen molar-refractivity contribution in [3.63, 3.8) is 0 Å². The van der Waals surface area contributed by atoms with Crippen LogP contribution in [0.25, 0.3) is 0 Å². The number of para-hydroxylation sites is 1. The Morgan fingerprint density at radius 3 is 2.50 bits per heavy atom. The molecular weight excluding hydrogens is 303 g/mol. The van der Waals surface area contributed by atoms with Gasteiger partial charge in [0.15, 0.2) is 5.11 Å². The van der Waals surface area contributed by atoms with E-state index in [-0.39, 0.29) is 10.8 Å². The third kappa shape index (κ3) is 3.79. The van der Waals surface area contributed by atoms with Gasteiger partial charge in [-0.1, -0.05) is 18.2 Å². The van der Waals surface area contributed by atoms with Crippen molar-refractivity contribution in [1.29, 1.82) is 0 Å². The molecule has 0 unspecified atom stereocenters. The summed E-state index contributed by atoms with van der Waals surface area (Å²) in [6, 6.07) is 11.3. The number of halogens is 1. The zero-order valence-corrected chi connectivity index (χ0v) is 13.0. The first-order chi connectivity index (χ1) is 10.5. The number of anilines is 2. The third-order valence-electron chi connectivity index (χ3n) is 3.03. The third-order valence-corrected chi connectivity index (χ3v) is 3.23. The van der Waals surface area contributed by atoms with E-state index in [4.69, 9.17) is 12.2 Å². The minimum absolute atomic E-state index is 0.232. The first-order valence-electron chi connectivity index (χ1n) is 6.52. The van der Waals surface area contributed by atoms with Gasteiger partial charge in [-0.2, -0.15) is 0 Å². The summed E-state index contributed by atoms with van der Waals surface area (Å²) in [5.41, 5.74) is 2.23. The smallest absolute Gasteiger partial charge is 0.337 e. The van der Waals surface area contributed by atoms with Gasteiger partial charge in [-0.3, -0.25) is 0 Å². The number of thiocarbonyl (C=S) groups is 1. The Morgan fingerprint density at radius 1 is 1.14 bits per heavy atom. The van der Waals surface area contributed by atoms with E-state index < -0.39 is 11.8 Å². The minimum atomic E-state index is -0.434. The number of rotatable bonds is 3. The van der Waals surface area contributed by atoms with Crippen LogP contribution in [-0.4, -0.2) is 18.2 Å². The van der Waals surface area contributed by atoms with Gasteiger partial charge >= 0.3 is 5.97 Å². The van der Waals surface area contributed by atoms with Crippen molar-refractivity contribution < 1.29 is 13.9 Å². The Balaban J connectivity index is 2.14. The van der Waals surface area contributed by atoms with Gasteiger partial charge in [0.2, 0.25) is 0 Å². The SMILES string of the molecule is COC(=O)c1ccc(C)c(NC(=S)Nc2ccccc2F)c1. The van der Waals surface area contributed by atoms with Crippen molar-refractivity contribution in [2.24, 2.45) is 0 Å². The largest absolute Gasteiger partial charge is 0.465 e. The summed E-state index contributed by atoms with van der Waals surface area (Å²) in [6.45, 7) is 1.87. The molecule has 6 heteroatoms. The van der Waals surface area contributed by atoms with E-state index in [1.165, 1.54) is 13.2 Å². The molecule has 0 spiro atoms. The quantitative estimate of drug-likeness (QED) is 0.667. The van der Waals surface area contributed by atoms with Gasteiger partial charge < -0.3 is 15.4 Å². The number of hydrogen-bond acceptors (Lipinski definition) is 3. The number of hydrogen-bond donors (Lipinski definition) is 2. The van der Waals surface area contributed by atoms with Gasteiger partial charge in [0.1, 0.15) is 5.82 Å². The molecule has 0 atom stereocenters. The predicted molar refractivity (Wildman–Crippen MR) is 88.8 cm³/mol. The second-order valence-electron chi connectivity index (χ2n) is 4.58. The average Bonchev–Trinajstić information content (AvgIpc) is 2.51. The Kier molecular flexibility index (Phi) is 5.06. The van der Waals surface area contributed by atoms with Crippen LogP contribution in [0.1, 0.15) is 15.9 Å². The highest BCUT2D eigenvalue weighted by atomic mass is 32.1. The summed E-state index contributed by atoms with van der Waals surface area (Å²) in [7, 11) is 1.32. The van der Waals surface area contributed by atoms with E-state index in [9.17, 15) is 9.18 Å². The topological polar surface area (TPSA) is 50.4 Å². The molecule has 0 radical (unpaired) electrons. The standard InChI is InChI=1S/C16H15FN2O2S/c1-10-7-8-11(15(20)21-2)9-14(10)19-16(22)18-13-6-4-3-5-12(13)17/h3-9H,1-2H3,(H2,18,19,22). The van der Waals surface area contributed by atoms with Crippen molar-refractivity contribution in [3.8, 4) is 0 Å². The van der Waals surface area contributed by atoms with Crippen LogP contribution in [0.5, 0.6) is 0 Å². The Labute approximate surface area is 133 Å². The fourth-order valence-electron chi connectivity index (χ4n) is 1.84. The molecule has 0 saturated carbocycles. The number of ether oxygens (including phenoxy) is 1. The van der Waals surface area contributed by atoms with Gasteiger partial charge in [-0.25, -0.2) is 9.18 Å². The van der Waals surface area contributed by atoms with Crippen LogP contribution in [0.4, 0.5) is 15.8 Å². The van der Waals surface area contributed by atoms with Crippen LogP contribution in [0.15, 0.2) is 42.5 Å². The molecule has 4 nitrogen and oxygen atoms in total. The maximum absolute atomic E-state index is 13.6. The van der Waals surface area contributed by atoms with Crippen molar-refractivity contribution >= 4 is 34.7 Å². The molecule has 2 rings (SSSR count). The first kappa shape index (κ1) is 15.9. The van der Waals surface area contributed by atoms with E-state index in [1.807, 2.05) is 6.92 Å². The maximum Gasteiger partial charge on any atom is 0.337 e. The van der Waals surface area contributed by atoms with E-state index in [1.54, 1.807) is 36.4 Å². The lowest BCUT2D eigenvalue weighted by Crippen LogP contribution is -2.20. The zero-order chi connectivity index (χ0) is 16.1. The molecule has 22 heavy (non-hydrogen) atoms. The molecule has 0 aliphatic rings. The monoisotopic (exact) mass is 318 g/mol. The van der Waals surface area contributed by atoms with Crippen molar-refractivity contribution in [1.82, 2.24) is 0 Å². The van der Waals surface area contributed by atoms with Crippen LogP contribution in [0.2, 0.25) is 0 Å². The molecule has 2 N–H and O–H groups in total. The van der Waals surface area contributed by atoms with E-state index in [0.717, 1.165) is 5.56 Å². The zero-order valence-electron chi connectivity index (χ0n) is 12.1. The summed E-state index contributed by atoms with van der Waals surface area (Å²) >= 11 is 5.17. The molecule has 114 valence electrons. The molecule has 0 heterocycles. The molecule has 0 aliphatic heterocycles. The molecule has 0 bridgehead atoms. The van der Waals surface area contributed by atoms with Crippen molar-refractivity contribution in [2.45, 2.75) is 6.92 Å². The molecular formula is C16H15FN2O2S. The first-order valence-corrected chi connectivity index (χ1v) is 6.93. The van der Waals surface area contributed by atoms with E-state index in [2.05, 4.69) is 15.4 Å². The second-order valence-corrected chi connectivity index (χ2v) is 4.99. The molecule has 0 aromatic heterocycles. The van der Waals surface area contributed by atoms with Gasteiger partial charge in [-0.15, -0.1) is 0 Å². The van der Waals surface area contributed by atoms with Crippen molar-refractivity contribution in [3.05, 3.63) is 59.4 Å². The molecule has 2 aromatic carbocycles. The Hall–Kier alpha value is -2.47. The number of esters is 1. The Bertz CT molecular complexity index is 719. The lowest BCUT2D eigenvalue weighted by molar-refractivity contribution is 0.0601. The number of benzene rings is 2. The van der Waals surface area contributed by atoms with Gasteiger partial charge in [0.25, 0.3) is 0 Å². The summed E-state index contributed by atoms with van der Waals surface area (Å²) < 4.78 is 18.3. The lowest BCUT2D eigenvalue weighted by Gasteiger charge is -2.13. The molecule has 0 saturated heterocycles. The second kappa shape index (κ2) is 7.00. The normalized spacial score (nSPS) is 9.95. The number of aryl methyl sites for hydroxylation is 1. The van der Waals surface area contributed by atoms with Crippen LogP contribution in [-0.2, 0) is 4.74 Å². The summed E-state index contributed by atoms with van der Waals surface area (Å²) in [4.78, 5) is 11.6. The molecule has 0 aliphatic carbocycles. The fourth-order valence-corrected chi connectivity index (χ4v) is 2.06. The highest BCUT2D eigenvalue weighted by Gasteiger charge is 2.09. The van der Waals surface area contributed by atoms with Crippen molar-refractivity contribution in [2.75, 3.05) is 17.7 Å². The number of carbonyl (C=O) groups is 1. The molecule has 0 amide bonds. The average molecular weight is 318 g/mol.